The van der Waals surface area contributed by atoms with Gasteiger partial charge in [0.1, 0.15) is 11.0 Å². The van der Waals surface area contributed by atoms with Crippen LogP contribution in [0.2, 0.25) is 5.15 Å². The van der Waals surface area contributed by atoms with Gasteiger partial charge in [-0.15, -0.1) is 0 Å². The average Bonchev–Trinajstić information content (AvgIpc) is 3.47. The van der Waals surface area contributed by atoms with Crippen molar-refractivity contribution in [3.05, 3.63) is 71.7 Å². The standard InChI is InChI=1S/C21H23ClF2N4S.C13H26N2/c1-15-3-2-8-28(15)17-4-6-18(7-5-17)29-27-11-9-26(10-12-27)20-14-16(21(23)24)13-19(22)25-20;1-11(9-14-3)10-15-12(2)13-7-5-4-6-8-13/h4-7,13-14,21H,1-3,8-12H2;11,13-15H,2,4-10H2,1,3H3. The van der Waals surface area contributed by atoms with Crippen molar-refractivity contribution in [3.8, 4) is 0 Å². The number of benzene rings is 1. The summed E-state index contributed by atoms with van der Waals surface area (Å²) in [7, 11) is 2.01. The number of anilines is 2. The van der Waals surface area contributed by atoms with Gasteiger partial charge in [0.15, 0.2) is 0 Å². The van der Waals surface area contributed by atoms with Gasteiger partial charge in [-0.25, -0.2) is 18.1 Å². The van der Waals surface area contributed by atoms with E-state index in [0.29, 0.717) is 24.8 Å². The molecule has 10 heteroatoms. The smallest absolute Gasteiger partial charge is 0.264 e. The molecule has 0 radical (unpaired) electrons. The van der Waals surface area contributed by atoms with Gasteiger partial charge in [-0.3, -0.25) is 0 Å². The van der Waals surface area contributed by atoms with Gasteiger partial charge in [0, 0.05) is 66.8 Å². The van der Waals surface area contributed by atoms with Crippen LogP contribution in [0.1, 0.15) is 63.9 Å². The highest BCUT2D eigenvalue weighted by Crippen LogP contribution is 2.32. The Morgan fingerprint density at radius 2 is 1.73 bits per heavy atom. The van der Waals surface area contributed by atoms with E-state index in [0.717, 1.165) is 45.1 Å². The fraction of sp³-hybridized carbons (Fsp3) is 0.559. The van der Waals surface area contributed by atoms with Gasteiger partial charge in [-0.1, -0.05) is 50.9 Å². The maximum atomic E-state index is 13.0. The zero-order valence-electron chi connectivity index (χ0n) is 26.3. The molecule has 44 heavy (non-hydrogen) atoms. The number of pyridine rings is 1. The first-order chi connectivity index (χ1) is 21.2. The molecular weight excluding hydrogens is 598 g/mol. The molecule has 3 aliphatic rings. The minimum Gasteiger partial charge on any atom is -0.388 e. The monoisotopic (exact) mass is 646 g/mol. The Hall–Kier alpha value is -2.33. The maximum Gasteiger partial charge on any atom is 0.264 e. The predicted molar refractivity (Wildman–Crippen MR) is 183 cm³/mol. The molecule has 242 valence electrons. The summed E-state index contributed by atoms with van der Waals surface area (Å²) in [5, 5.41) is 6.81. The van der Waals surface area contributed by atoms with E-state index in [2.05, 4.69) is 69.2 Å². The Labute approximate surface area is 272 Å². The fourth-order valence-corrected chi connectivity index (χ4v) is 7.12. The lowest BCUT2D eigenvalue weighted by Gasteiger charge is -2.34. The summed E-state index contributed by atoms with van der Waals surface area (Å²) in [6.45, 7) is 16.8. The fourth-order valence-electron chi connectivity index (χ4n) is 6.00. The molecule has 0 spiro atoms. The molecule has 6 nitrogen and oxygen atoms in total. The number of nitrogens with zero attached hydrogens (tertiary/aromatic N) is 4. The lowest BCUT2D eigenvalue weighted by molar-refractivity contribution is 0.151. The highest BCUT2D eigenvalue weighted by atomic mass is 35.5. The number of piperazine rings is 1. The number of rotatable bonds is 11. The molecule has 1 saturated carbocycles. The molecule has 1 atom stereocenters. The van der Waals surface area contributed by atoms with Gasteiger partial charge < -0.3 is 20.4 Å². The van der Waals surface area contributed by atoms with Crippen LogP contribution in [0.4, 0.5) is 20.3 Å². The van der Waals surface area contributed by atoms with Crippen molar-refractivity contribution in [1.29, 1.82) is 0 Å². The molecule has 2 aromatic rings. The molecule has 1 unspecified atom stereocenters. The first kappa shape index (κ1) is 34.5. The lowest BCUT2D eigenvalue weighted by atomic mass is 9.87. The Morgan fingerprint density at radius 3 is 2.34 bits per heavy atom. The second-order valence-electron chi connectivity index (χ2n) is 12.1. The van der Waals surface area contributed by atoms with Crippen molar-refractivity contribution >= 4 is 35.1 Å². The Morgan fingerprint density at radius 1 is 1.02 bits per heavy atom. The van der Waals surface area contributed by atoms with Crippen LogP contribution in [-0.4, -0.2) is 62.2 Å². The Balaban J connectivity index is 0.000000249. The summed E-state index contributed by atoms with van der Waals surface area (Å²) in [4.78, 5) is 9.70. The Bertz CT molecular complexity index is 1200. The van der Waals surface area contributed by atoms with Crippen LogP contribution in [0.3, 0.4) is 0 Å². The van der Waals surface area contributed by atoms with Crippen molar-refractivity contribution in [2.75, 3.05) is 62.7 Å². The van der Waals surface area contributed by atoms with Crippen LogP contribution < -0.4 is 20.4 Å². The second kappa shape index (κ2) is 17.4. The summed E-state index contributed by atoms with van der Waals surface area (Å²) >= 11 is 7.65. The SMILES string of the molecule is C=C(NCC(C)CNC)C1CCCCC1.C=C1CCCN1c1ccc(SN2CCN(c3cc(C(F)F)cc(Cl)n3)CC2)cc1. The van der Waals surface area contributed by atoms with E-state index in [4.69, 9.17) is 11.6 Å². The summed E-state index contributed by atoms with van der Waals surface area (Å²) < 4.78 is 28.3. The number of hydrogen-bond acceptors (Lipinski definition) is 7. The largest absolute Gasteiger partial charge is 0.388 e. The molecule has 2 N–H and O–H groups in total. The summed E-state index contributed by atoms with van der Waals surface area (Å²) in [5.41, 5.74) is 3.57. The molecule has 1 aromatic carbocycles. The lowest BCUT2D eigenvalue weighted by Crippen LogP contribution is -2.43. The molecular formula is C34H49ClF2N6S. The van der Waals surface area contributed by atoms with Gasteiger partial charge in [0.05, 0.1) is 0 Å². The molecule has 1 aromatic heterocycles. The van der Waals surface area contributed by atoms with Crippen molar-refractivity contribution in [2.24, 2.45) is 11.8 Å². The van der Waals surface area contributed by atoms with E-state index in [9.17, 15) is 8.78 Å². The Kier molecular flexibility index (Phi) is 13.7. The molecule has 3 fully saturated rings. The van der Waals surface area contributed by atoms with Gasteiger partial charge in [0.2, 0.25) is 0 Å². The highest BCUT2D eigenvalue weighted by molar-refractivity contribution is 7.97. The van der Waals surface area contributed by atoms with E-state index < -0.39 is 6.43 Å². The molecule has 2 saturated heterocycles. The topological polar surface area (TPSA) is 46.7 Å². The first-order valence-corrected chi connectivity index (χ1v) is 17.1. The van der Waals surface area contributed by atoms with Gasteiger partial charge in [-0.2, -0.15) is 0 Å². The molecule has 3 heterocycles. The molecule has 0 amide bonds. The minimum absolute atomic E-state index is 0.0856. The van der Waals surface area contributed by atoms with Crippen LogP contribution in [-0.2, 0) is 0 Å². The quantitative estimate of drug-likeness (QED) is 0.189. The predicted octanol–water partition coefficient (Wildman–Crippen LogP) is 8.14. The summed E-state index contributed by atoms with van der Waals surface area (Å²) in [6, 6.07) is 11.2. The van der Waals surface area contributed by atoms with E-state index in [1.54, 1.807) is 11.9 Å². The van der Waals surface area contributed by atoms with Crippen molar-refractivity contribution in [1.82, 2.24) is 19.9 Å². The summed E-state index contributed by atoms with van der Waals surface area (Å²) in [5.74, 6) is 1.93. The molecule has 5 rings (SSSR count). The summed E-state index contributed by atoms with van der Waals surface area (Å²) in [6.07, 6.45) is 6.56. The third-order valence-corrected chi connectivity index (χ3v) is 9.86. The van der Waals surface area contributed by atoms with E-state index in [1.165, 1.54) is 72.6 Å². The molecule has 0 bridgehead atoms. The van der Waals surface area contributed by atoms with Gasteiger partial charge >= 0.3 is 0 Å². The number of nitrogens with one attached hydrogen (secondary N) is 2. The second-order valence-corrected chi connectivity index (χ2v) is 13.7. The maximum absolute atomic E-state index is 13.0. The third-order valence-electron chi connectivity index (χ3n) is 8.56. The zero-order chi connectivity index (χ0) is 31.5. The van der Waals surface area contributed by atoms with E-state index in [-0.39, 0.29) is 10.7 Å². The molecule has 2 aliphatic heterocycles. The number of hydrogen-bond donors (Lipinski definition) is 2. The number of allylic oxidation sites excluding steroid dienone is 2. The first-order valence-electron chi connectivity index (χ1n) is 16.0. The third kappa shape index (κ3) is 10.4. The van der Waals surface area contributed by atoms with E-state index in [1.807, 2.05) is 11.9 Å². The van der Waals surface area contributed by atoms with Gasteiger partial charge in [-0.05, 0) is 99.5 Å². The van der Waals surface area contributed by atoms with Gasteiger partial charge in [0.25, 0.3) is 6.43 Å². The van der Waals surface area contributed by atoms with Crippen molar-refractivity contribution in [3.63, 3.8) is 0 Å². The number of halogens is 3. The zero-order valence-corrected chi connectivity index (χ0v) is 27.9. The van der Waals surface area contributed by atoms with Crippen molar-refractivity contribution < 1.29 is 8.78 Å². The van der Waals surface area contributed by atoms with Crippen molar-refractivity contribution in [2.45, 2.75) is 63.2 Å². The minimum atomic E-state index is -2.55. The van der Waals surface area contributed by atoms with Crippen LogP contribution >= 0.6 is 23.5 Å². The van der Waals surface area contributed by atoms with Crippen LogP contribution in [0, 0.1) is 11.8 Å². The van der Waals surface area contributed by atoms with Crippen LogP contribution in [0.15, 0.2) is 65.8 Å². The molecule has 1 aliphatic carbocycles. The normalized spacial score (nSPS) is 18.7. The van der Waals surface area contributed by atoms with Crippen LogP contribution in [0.5, 0.6) is 0 Å². The highest BCUT2D eigenvalue weighted by Gasteiger charge is 2.22. The van der Waals surface area contributed by atoms with E-state index >= 15 is 0 Å². The number of aromatic nitrogens is 1. The van der Waals surface area contributed by atoms with Crippen LogP contribution in [0.25, 0.3) is 0 Å². The number of alkyl halides is 2. The average molecular weight is 647 g/mol.